The van der Waals surface area contributed by atoms with E-state index in [4.69, 9.17) is 0 Å². The molecule has 1 aromatic rings. The smallest absolute Gasteiger partial charge is 0.280 e. The van der Waals surface area contributed by atoms with Crippen LogP contribution in [-0.4, -0.2) is 10.7 Å². The van der Waals surface area contributed by atoms with Crippen molar-refractivity contribution in [1.29, 1.82) is 0 Å². The number of nitro groups is 1. The van der Waals surface area contributed by atoms with E-state index in [0.717, 1.165) is 12.1 Å². The van der Waals surface area contributed by atoms with E-state index in [0.29, 0.717) is 12.8 Å². The highest BCUT2D eigenvalue weighted by atomic mass is 19.1. The molecule has 1 aliphatic carbocycles. The van der Waals surface area contributed by atoms with Gasteiger partial charge in [-0.25, -0.2) is 4.39 Å². The van der Waals surface area contributed by atoms with Gasteiger partial charge in [-0.1, -0.05) is 0 Å². The molecule has 4 nitrogen and oxygen atoms in total. The fourth-order valence-corrected chi connectivity index (χ4v) is 1.87. The van der Waals surface area contributed by atoms with Crippen molar-refractivity contribution in [2.45, 2.75) is 19.3 Å². The third-order valence-electron chi connectivity index (χ3n) is 2.54. The summed E-state index contributed by atoms with van der Waals surface area (Å²) in [6.45, 7) is 0. The minimum absolute atomic E-state index is 0.0359. The van der Waals surface area contributed by atoms with E-state index in [1.807, 2.05) is 0 Å². The number of benzene rings is 1. The summed E-state index contributed by atoms with van der Waals surface area (Å²) in [5.74, 6) is -0.855. The van der Waals surface area contributed by atoms with Crippen LogP contribution in [0.3, 0.4) is 0 Å². The summed E-state index contributed by atoms with van der Waals surface area (Å²) in [7, 11) is 0. The minimum atomic E-state index is -0.637. The molecule has 5 heteroatoms. The molecule has 0 saturated heterocycles. The molecule has 0 unspecified atom stereocenters. The summed E-state index contributed by atoms with van der Waals surface area (Å²) in [6.07, 6.45) is 1.22. The van der Waals surface area contributed by atoms with Crippen LogP contribution in [0.25, 0.3) is 0 Å². The van der Waals surface area contributed by atoms with Crippen molar-refractivity contribution in [2.75, 3.05) is 0 Å². The zero-order valence-electron chi connectivity index (χ0n) is 7.83. The lowest BCUT2D eigenvalue weighted by molar-refractivity contribution is -0.385. The zero-order chi connectivity index (χ0) is 11.0. The summed E-state index contributed by atoms with van der Waals surface area (Å²) in [6, 6.07) is 2.10. The van der Waals surface area contributed by atoms with Gasteiger partial charge in [-0.3, -0.25) is 14.9 Å². The third-order valence-corrected chi connectivity index (χ3v) is 2.54. The highest BCUT2D eigenvalue weighted by molar-refractivity contribution is 6.02. The van der Waals surface area contributed by atoms with Crippen LogP contribution in [0.15, 0.2) is 12.1 Å². The van der Waals surface area contributed by atoms with E-state index in [9.17, 15) is 19.3 Å². The lowest BCUT2D eigenvalue weighted by Gasteiger charge is -2.14. The molecule has 15 heavy (non-hydrogen) atoms. The molecule has 0 N–H and O–H groups in total. The standard InChI is InChI=1S/C10H8FNO3/c11-7-4-5-8(12(14)15)10-6(7)2-1-3-9(10)13/h4-5H,1-3H2. The fraction of sp³-hybridized carbons (Fsp3) is 0.300. The van der Waals surface area contributed by atoms with Crippen molar-refractivity contribution in [2.24, 2.45) is 0 Å². The SMILES string of the molecule is O=C1CCCc2c(F)ccc([N+](=O)[O-])c21. The van der Waals surface area contributed by atoms with Crippen molar-refractivity contribution < 1.29 is 14.1 Å². The molecule has 2 rings (SSSR count). The second kappa shape index (κ2) is 3.42. The number of fused-ring (bicyclic) bond motifs is 1. The molecule has 0 fully saturated rings. The van der Waals surface area contributed by atoms with Crippen LogP contribution < -0.4 is 0 Å². The monoisotopic (exact) mass is 209 g/mol. The summed E-state index contributed by atoms with van der Waals surface area (Å²) in [4.78, 5) is 21.5. The van der Waals surface area contributed by atoms with Crippen molar-refractivity contribution in [3.8, 4) is 0 Å². The molecular formula is C10H8FNO3. The highest BCUT2D eigenvalue weighted by Gasteiger charge is 2.28. The van der Waals surface area contributed by atoms with Gasteiger partial charge in [0.25, 0.3) is 5.69 Å². The van der Waals surface area contributed by atoms with Crippen LogP contribution in [0.2, 0.25) is 0 Å². The summed E-state index contributed by atoms with van der Waals surface area (Å²) in [5, 5.41) is 10.7. The van der Waals surface area contributed by atoms with Crippen LogP contribution in [-0.2, 0) is 6.42 Å². The van der Waals surface area contributed by atoms with E-state index in [-0.39, 0.29) is 29.0 Å². The first kappa shape index (κ1) is 9.76. The first-order valence-electron chi connectivity index (χ1n) is 4.60. The van der Waals surface area contributed by atoms with E-state index < -0.39 is 10.7 Å². The van der Waals surface area contributed by atoms with Crippen molar-refractivity contribution in [3.05, 3.63) is 39.2 Å². The maximum Gasteiger partial charge on any atom is 0.280 e. The van der Waals surface area contributed by atoms with E-state index in [1.54, 1.807) is 0 Å². The Morgan fingerprint density at radius 2 is 2.07 bits per heavy atom. The number of nitrogens with zero attached hydrogens (tertiary/aromatic N) is 1. The normalized spacial score (nSPS) is 14.9. The van der Waals surface area contributed by atoms with Gasteiger partial charge in [-0.05, 0) is 18.9 Å². The summed E-state index contributed by atoms with van der Waals surface area (Å²) in [5.41, 5.74) is -0.122. The predicted molar refractivity (Wildman–Crippen MR) is 50.3 cm³/mol. The lowest BCUT2D eigenvalue weighted by atomic mass is 9.89. The van der Waals surface area contributed by atoms with Gasteiger partial charge in [0, 0.05) is 18.1 Å². The van der Waals surface area contributed by atoms with Gasteiger partial charge in [0.05, 0.1) is 4.92 Å². The van der Waals surface area contributed by atoms with Gasteiger partial charge >= 0.3 is 0 Å². The number of nitro benzene ring substituents is 1. The van der Waals surface area contributed by atoms with Gasteiger partial charge in [-0.2, -0.15) is 0 Å². The Hall–Kier alpha value is -1.78. The minimum Gasteiger partial charge on any atom is -0.294 e. The number of hydrogen-bond donors (Lipinski definition) is 0. The van der Waals surface area contributed by atoms with Crippen molar-refractivity contribution in [3.63, 3.8) is 0 Å². The molecule has 0 aromatic heterocycles. The molecule has 0 saturated carbocycles. The number of carbonyl (C=O) groups is 1. The van der Waals surface area contributed by atoms with Gasteiger partial charge < -0.3 is 0 Å². The zero-order valence-corrected chi connectivity index (χ0v) is 7.83. The molecule has 0 spiro atoms. The Morgan fingerprint density at radius 1 is 1.33 bits per heavy atom. The predicted octanol–water partition coefficient (Wildman–Crippen LogP) is 2.25. The quantitative estimate of drug-likeness (QED) is 0.526. The first-order chi connectivity index (χ1) is 7.11. The number of Topliss-reactive ketones (excluding diaryl/α,β-unsaturated/α-hetero) is 1. The number of halogens is 1. The van der Waals surface area contributed by atoms with Crippen molar-refractivity contribution in [1.82, 2.24) is 0 Å². The van der Waals surface area contributed by atoms with Crippen LogP contribution in [0.4, 0.5) is 10.1 Å². The molecule has 0 radical (unpaired) electrons. The average molecular weight is 209 g/mol. The van der Waals surface area contributed by atoms with E-state index in [2.05, 4.69) is 0 Å². The molecule has 78 valence electrons. The van der Waals surface area contributed by atoms with E-state index in [1.165, 1.54) is 0 Å². The largest absolute Gasteiger partial charge is 0.294 e. The fourth-order valence-electron chi connectivity index (χ4n) is 1.87. The molecule has 0 heterocycles. The molecule has 1 aromatic carbocycles. The second-order valence-corrected chi connectivity index (χ2v) is 3.45. The van der Waals surface area contributed by atoms with Crippen molar-refractivity contribution >= 4 is 11.5 Å². The van der Waals surface area contributed by atoms with Crippen LogP contribution in [0.1, 0.15) is 28.8 Å². The van der Waals surface area contributed by atoms with E-state index >= 15 is 0 Å². The molecule has 0 amide bonds. The number of rotatable bonds is 1. The number of ketones is 1. The van der Waals surface area contributed by atoms with Gasteiger partial charge in [-0.15, -0.1) is 0 Å². The second-order valence-electron chi connectivity index (χ2n) is 3.45. The summed E-state index contributed by atoms with van der Waals surface area (Å²) < 4.78 is 13.3. The molecule has 0 aliphatic heterocycles. The Morgan fingerprint density at radius 3 is 2.73 bits per heavy atom. The molecule has 0 atom stereocenters. The van der Waals surface area contributed by atoms with Crippen LogP contribution in [0, 0.1) is 15.9 Å². The Labute approximate surface area is 84.9 Å². The van der Waals surface area contributed by atoms with Crippen LogP contribution >= 0.6 is 0 Å². The van der Waals surface area contributed by atoms with Gasteiger partial charge in [0.15, 0.2) is 5.78 Å². The van der Waals surface area contributed by atoms with Gasteiger partial charge in [0.2, 0.25) is 0 Å². The topological polar surface area (TPSA) is 60.2 Å². The van der Waals surface area contributed by atoms with Gasteiger partial charge in [0.1, 0.15) is 11.4 Å². The Kier molecular flexibility index (Phi) is 2.22. The number of carbonyl (C=O) groups excluding carboxylic acids is 1. The average Bonchev–Trinajstić information content (AvgIpc) is 2.19. The first-order valence-corrected chi connectivity index (χ1v) is 4.60. The highest BCUT2D eigenvalue weighted by Crippen LogP contribution is 2.31. The Balaban J connectivity index is 2.70. The summed E-state index contributed by atoms with van der Waals surface area (Å²) >= 11 is 0. The van der Waals surface area contributed by atoms with Crippen LogP contribution in [0.5, 0.6) is 0 Å². The molecule has 0 bridgehead atoms. The molecular weight excluding hydrogens is 201 g/mol. The third kappa shape index (κ3) is 1.49. The number of hydrogen-bond acceptors (Lipinski definition) is 3. The lowest BCUT2D eigenvalue weighted by Crippen LogP contribution is -2.15. The Bertz CT molecular complexity index is 456. The molecule has 1 aliphatic rings. The maximum absolute atomic E-state index is 13.3. The maximum atomic E-state index is 13.3.